The number of piperazine rings is 1. The van der Waals surface area contributed by atoms with Gasteiger partial charge in [0.2, 0.25) is 5.91 Å². The summed E-state index contributed by atoms with van der Waals surface area (Å²) in [5, 5.41) is 14.9. The summed E-state index contributed by atoms with van der Waals surface area (Å²) in [6.45, 7) is 2.06. The third-order valence-corrected chi connectivity index (χ3v) is 7.41. The summed E-state index contributed by atoms with van der Waals surface area (Å²) < 4.78 is 27.2. The fraction of sp³-hybridized carbons (Fsp3) is 0.290. The van der Waals surface area contributed by atoms with Crippen molar-refractivity contribution in [2.45, 2.75) is 25.3 Å². The Bertz CT molecular complexity index is 1500. The van der Waals surface area contributed by atoms with Crippen molar-refractivity contribution in [2.24, 2.45) is 5.92 Å². The number of rotatable bonds is 9. The van der Waals surface area contributed by atoms with Crippen LogP contribution in [0.1, 0.15) is 51.6 Å². The number of aliphatic carboxylic acids is 1. The van der Waals surface area contributed by atoms with Crippen LogP contribution in [-0.4, -0.2) is 59.9 Å². The second kappa shape index (κ2) is 12.4. The number of nitrogens with zero attached hydrogens (tertiary/aromatic N) is 2. The van der Waals surface area contributed by atoms with Crippen LogP contribution in [0.15, 0.2) is 66.7 Å². The molecule has 2 fully saturated rings. The van der Waals surface area contributed by atoms with Crippen LogP contribution in [0.5, 0.6) is 0 Å². The van der Waals surface area contributed by atoms with Crippen molar-refractivity contribution in [3.05, 3.63) is 95.1 Å². The highest BCUT2D eigenvalue weighted by Crippen LogP contribution is 2.33. The predicted molar refractivity (Wildman–Crippen MR) is 151 cm³/mol. The lowest BCUT2D eigenvalue weighted by atomic mass is 10.0. The van der Waals surface area contributed by atoms with E-state index in [1.165, 1.54) is 48.5 Å². The first-order valence-electron chi connectivity index (χ1n) is 13.7. The molecule has 1 aliphatic carbocycles. The number of nitrogens with one attached hydrogen (secondary N) is 2. The van der Waals surface area contributed by atoms with E-state index in [2.05, 4.69) is 10.6 Å². The fourth-order valence-electron chi connectivity index (χ4n) is 5.00. The van der Waals surface area contributed by atoms with Crippen molar-refractivity contribution in [3.8, 4) is 0 Å². The number of amides is 3. The molecule has 1 saturated heterocycles. The first-order valence-corrected chi connectivity index (χ1v) is 13.7. The Morgan fingerprint density at radius 1 is 0.833 bits per heavy atom. The molecule has 5 rings (SSSR count). The predicted octanol–water partition coefficient (Wildman–Crippen LogP) is 4.22. The van der Waals surface area contributed by atoms with Crippen molar-refractivity contribution in [1.82, 2.24) is 10.2 Å². The van der Waals surface area contributed by atoms with E-state index in [4.69, 9.17) is 0 Å². The Hall–Kier alpha value is -4.80. The molecule has 218 valence electrons. The van der Waals surface area contributed by atoms with Gasteiger partial charge in [-0.05, 0) is 66.9 Å². The molecule has 0 radical (unpaired) electrons. The van der Waals surface area contributed by atoms with Crippen molar-refractivity contribution < 1.29 is 33.1 Å². The number of carboxylic acids is 1. The number of hydrogen-bond acceptors (Lipinski definition) is 5. The summed E-state index contributed by atoms with van der Waals surface area (Å²) in [5.41, 5.74) is 1.58. The molecule has 1 unspecified atom stereocenters. The number of carbonyl (C=O) groups is 4. The lowest BCUT2D eigenvalue weighted by Gasteiger charge is -2.37. The van der Waals surface area contributed by atoms with E-state index in [1.807, 2.05) is 9.80 Å². The van der Waals surface area contributed by atoms with Gasteiger partial charge in [0.05, 0.1) is 23.8 Å². The average Bonchev–Trinajstić information content (AvgIpc) is 3.82. The summed E-state index contributed by atoms with van der Waals surface area (Å²) in [4.78, 5) is 54.2. The standard InChI is InChI=1S/C31H30F2N4O5/c32-23-9-6-19(7-10-23)25(18-28(38)39)34-30(41)22-8-11-27(36-12-14-37(15-13-36)31(42)20-4-5-20)26(17-22)35-29(40)21-2-1-3-24(33)16-21/h1-3,6-11,16-17,20,25H,4-5,12-15,18H2,(H,34,41)(H,35,40)(H,38,39). The normalized spacial score (nSPS) is 15.6. The van der Waals surface area contributed by atoms with E-state index in [-0.39, 0.29) is 23.0 Å². The molecule has 3 aromatic carbocycles. The van der Waals surface area contributed by atoms with Crippen LogP contribution in [0.4, 0.5) is 20.2 Å². The van der Waals surface area contributed by atoms with E-state index in [0.29, 0.717) is 43.1 Å². The van der Waals surface area contributed by atoms with E-state index < -0.39 is 41.9 Å². The Balaban J connectivity index is 1.40. The van der Waals surface area contributed by atoms with Gasteiger partial charge < -0.3 is 25.5 Å². The highest BCUT2D eigenvalue weighted by atomic mass is 19.1. The fourth-order valence-corrected chi connectivity index (χ4v) is 5.00. The Morgan fingerprint density at radius 3 is 2.17 bits per heavy atom. The zero-order valence-corrected chi connectivity index (χ0v) is 22.7. The van der Waals surface area contributed by atoms with Gasteiger partial charge in [-0.3, -0.25) is 19.2 Å². The monoisotopic (exact) mass is 576 g/mol. The molecule has 0 aromatic heterocycles. The van der Waals surface area contributed by atoms with Gasteiger partial charge in [-0.2, -0.15) is 0 Å². The molecule has 9 nitrogen and oxygen atoms in total. The van der Waals surface area contributed by atoms with Gasteiger partial charge in [0.15, 0.2) is 0 Å². The average molecular weight is 577 g/mol. The molecule has 1 saturated carbocycles. The van der Waals surface area contributed by atoms with E-state index >= 15 is 0 Å². The summed E-state index contributed by atoms with van der Waals surface area (Å²) >= 11 is 0. The van der Waals surface area contributed by atoms with Gasteiger partial charge in [0.1, 0.15) is 11.6 Å². The Morgan fingerprint density at radius 2 is 1.52 bits per heavy atom. The number of carboxylic acid groups (broad SMARTS) is 1. The second-order valence-corrected chi connectivity index (χ2v) is 10.5. The van der Waals surface area contributed by atoms with Crippen molar-refractivity contribution in [1.29, 1.82) is 0 Å². The first kappa shape index (κ1) is 28.7. The zero-order valence-electron chi connectivity index (χ0n) is 22.7. The first-order chi connectivity index (χ1) is 20.2. The maximum atomic E-state index is 13.8. The lowest BCUT2D eigenvalue weighted by Crippen LogP contribution is -2.49. The third-order valence-electron chi connectivity index (χ3n) is 7.41. The van der Waals surface area contributed by atoms with Crippen LogP contribution < -0.4 is 15.5 Å². The molecule has 1 heterocycles. The molecule has 3 aromatic rings. The van der Waals surface area contributed by atoms with Crippen LogP contribution in [0.2, 0.25) is 0 Å². The lowest BCUT2D eigenvalue weighted by molar-refractivity contribution is -0.137. The quantitative estimate of drug-likeness (QED) is 0.351. The number of anilines is 2. The van der Waals surface area contributed by atoms with Crippen molar-refractivity contribution in [2.75, 3.05) is 36.4 Å². The molecular weight excluding hydrogens is 546 g/mol. The van der Waals surface area contributed by atoms with E-state index in [0.717, 1.165) is 18.9 Å². The Kier molecular flexibility index (Phi) is 8.46. The van der Waals surface area contributed by atoms with Crippen LogP contribution >= 0.6 is 0 Å². The number of carbonyl (C=O) groups excluding carboxylic acids is 3. The molecule has 11 heteroatoms. The molecule has 0 spiro atoms. The Labute approximate surface area is 241 Å². The maximum Gasteiger partial charge on any atom is 0.305 e. The minimum Gasteiger partial charge on any atom is -0.481 e. The molecule has 3 amide bonds. The number of hydrogen-bond donors (Lipinski definition) is 3. The smallest absolute Gasteiger partial charge is 0.305 e. The molecule has 1 atom stereocenters. The third kappa shape index (κ3) is 6.91. The van der Waals surface area contributed by atoms with Gasteiger partial charge in [-0.25, -0.2) is 8.78 Å². The molecular formula is C31H30F2N4O5. The van der Waals surface area contributed by atoms with Crippen LogP contribution in [0, 0.1) is 17.6 Å². The largest absolute Gasteiger partial charge is 0.481 e. The SMILES string of the molecule is O=C(O)CC(NC(=O)c1ccc(N2CCN(C(=O)C3CC3)CC2)c(NC(=O)c2cccc(F)c2)c1)c1ccc(F)cc1. The molecule has 42 heavy (non-hydrogen) atoms. The van der Waals surface area contributed by atoms with Gasteiger partial charge in [0.25, 0.3) is 11.8 Å². The second-order valence-electron chi connectivity index (χ2n) is 10.5. The van der Waals surface area contributed by atoms with E-state index in [9.17, 15) is 33.1 Å². The molecule has 0 bridgehead atoms. The summed E-state index contributed by atoms with van der Waals surface area (Å²) in [5.74, 6) is -3.11. The topological polar surface area (TPSA) is 119 Å². The van der Waals surface area contributed by atoms with Crippen LogP contribution in [-0.2, 0) is 9.59 Å². The van der Waals surface area contributed by atoms with Crippen LogP contribution in [0.25, 0.3) is 0 Å². The van der Waals surface area contributed by atoms with Crippen molar-refractivity contribution >= 4 is 35.1 Å². The number of benzene rings is 3. The number of halogens is 2. The van der Waals surface area contributed by atoms with Crippen molar-refractivity contribution in [3.63, 3.8) is 0 Å². The van der Waals surface area contributed by atoms with Gasteiger partial charge in [0, 0.05) is 43.2 Å². The molecule has 3 N–H and O–H groups in total. The van der Waals surface area contributed by atoms with Gasteiger partial charge in [-0.1, -0.05) is 18.2 Å². The maximum absolute atomic E-state index is 13.8. The van der Waals surface area contributed by atoms with Crippen LogP contribution in [0.3, 0.4) is 0 Å². The minimum absolute atomic E-state index is 0.0912. The zero-order chi connectivity index (χ0) is 29.8. The molecule has 2 aliphatic rings. The highest BCUT2D eigenvalue weighted by Gasteiger charge is 2.35. The summed E-state index contributed by atoms with van der Waals surface area (Å²) in [6, 6.07) is 14.2. The summed E-state index contributed by atoms with van der Waals surface area (Å²) in [6.07, 6.45) is 1.42. The van der Waals surface area contributed by atoms with Gasteiger partial charge in [-0.15, -0.1) is 0 Å². The molecule has 1 aliphatic heterocycles. The summed E-state index contributed by atoms with van der Waals surface area (Å²) in [7, 11) is 0. The minimum atomic E-state index is -1.15. The highest BCUT2D eigenvalue weighted by molar-refractivity contribution is 6.07. The van der Waals surface area contributed by atoms with E-state index in [1.54, 1.807) is 12.1 Å². The van der Waals surface area contributed by atoms with Gasteiger partial charge >= 0.3 is 5.97 Å².